The lowest BCUT2D eigenvalue weighted by atomic mass is 9.88. The third-order valence-corrected chi connectivity index (χ3v) is 5.89. The van der Waals surface area contributed by atoms with Crippen molar-refractivity contribution in [3.63, 3.8) is 0 Å². The van der Waals surface area contributed by atoms with E-state index in [0.29, 0.717) is 49.5 Å². The number of hydrogen-bond acceptors (Lipinski definition) is 5. The number of aromatic nitrogens is 2. The van der Waals surface area contributed by atoms with Crippen molar-refractivity contribution in [2.75, 3.05) is 25.0 Å². The van der Waals surface area contributed by atoms with Crippen LogP contribution < -0.4 is 10.1 Å². The van der Waals surface area contributed by atoms with Crippen molar-refractivity contribution in [1.82, 2.24) is 14.5 Å². The Hall–Kier alpha value is -3.16. The van der Waals surface area contributed by atoms with Crippen LogP contribution in [0.25, 0.3) is 0 Å². The molecule has 1 fully saturated rings. The molecule has 8 heteroatoms. The number of ketones is 1. The number of amides is 2. The minimum Gasteiger partial charge on any atom is -0.482 e. The summed E-state index contributed by atoms with van der Waals surface area (Å²) in [7, 11) is 0. The molecular formula is C22H26N4O4. The molecule has 1 aromatic heterocycles. The van der Waals surface area contributed by atoms with Gasteiger partial charge in [-0.1, -0.05) is 6.92 Å². The topological polar surface area (TPSA) is 93.5 Å². The zero-order chi connectivity index (χ0) is 21.3. The van der Waals surface area contributed by atoms with Crippen LogP contribution in [-0.2, 0) is 16.1 Å². The first kappa shape index (κ1) is 20.1. The molecule has 1 N–H and O–H groups in total. The van der Waals surface area contributed by atoms with Crippen molar-refractivity contribution in [1.29, 1.82) is 0 Å². The standard InChI is InChI=1S/C22H26N4O4/c1-14(12-26-10-7-23-15(26)2)22(29)25-8-5-16(6-9-25)21(28)17-3-4-19-18(11-17)24-20(27)13-30-19/h3-4,7,10-11,14,16H,5-6,8-9,12-13H2,1-2H3,(H,24,27)/t14-/m0/s1. The lowest BCUT2D eigenvalue weighted by Crippen LogP contribution is -2.43. The van der Waals surface area contributed by atoms with E-state index in [2.05, 4.69) is 10.3 Å². The number of nitrogens with zero attached hydrogens (tertiary/aromatic N) is 3. The van der Waals surface area contributed by atoms with Crippen LogP contribution in [0.4, 0.5) is 5.69 Å². The number of fused-ring (bicyclic) bond motifs is 1. The van der Waals surface area contributed by atoms with Crippen LogP contribution in [0, 0.1) is 18.8 Å². The third kappa shape index (κ3) is 4.08. The lowest BCUT2D eigenvalue weighted by molar-refractivity contribution is -0.136. The van der Waals surface area contributed by atoms with E-state index in [0.717, 1.165) is 5.82 Å². The molecule has 30 heavy (non-hydrogen) atoms. The number of rotatable bonds is 5. The summed E-state index contributed by atoms with van der Waals surface area (Å²) in [5.41, 5.74) is 1.10. The van der Waals surface area contributed by atoms with E-state index in [1.54, 1.807) is 24.4 Å². The fourth-order valence-electron chi connectivity index (χ4n) is 4.12. The number of piperidine rings is 1. The fraction of sp³-hybridized carbons (Fsp3) is 0.455. The van der Waals surface area contributed by atoms with Gasteiger partial charge in [0.05, 0.1) is 11.6 Å². The third-order valence-electron chi connectivity index (χ3n) is 5.89. The van der Waals surface area contributed by atoms with Gasteiger partial charge in [-0.25, -0.2) is 4.98 Å². The highest BCUT2D eigenvalue weighted by atomic mass is 16.5. The smallest absolute Gasteiger partial charge is 0.262 e. The van der Waals surface area contributed by atoms with E-state index in [4.69, 9.17) is 4.74 Å². The Labute approximate surface area is 175 Å². The Balaban J connectivity index is 1.34. The molecule has 3 heterocycles. The zero-order valence-corrected chi connectivity index (χ0v) is 17.3. The maximum Gasteiger partial charge on any atom is 0.262 e. The summed E-state index contributed by atoms with van der Waals surface area (Å²) in [5, 5.41) is 2.74. The van der Waals surface area contributed by atoms with Gasteiger partial charge in [0.2, 0.25) is 5.91 Å². The van der Waals surface area contributed by atoms with Crippen LogP contribution in [0.1, 0.15) is 35.9 Å². The predicted octanol–water partition coefficient (Wildman–Crippen LogP) is 2.28. The minimum absolute atomic E-state index is 0.00831. The highest BCUT2D eigenvalue weighted by Crippen LogP contribution is 2.31. The van der Waals surface area contributed by atoms with Gasteiger partial charge in [-0.15, -0.1) is 0 Å². The predicted molar refractivity (Wildman–Crippen MR) is 110 cm³/mol. The van der Waals surface area contributed by atoms with Gasteiger partial charge in [0.1, 0.15) is 11.6 Å². The number of carbonyl (C=O) groups is 3. The molecule has 2 aromatic rings. The first-order valence-corrected chi connectivity index (χ1v) is 10.3. The van der Waals surface area contributed by atoms with Crippen LogP contribution in [0.2, 0.25) is 0 Å². The van der Waals surface area contributed by atoms with E-state index in [-0.39, 0.29) is 36.0 Å². The highest BCUT2D eigenvalue weighted by molar-refractivity contribution is 6.01. The number of hydrogen-bond donors (Lipinski definition) is 1. The van der Waals surface area contributed by atoms with Crippen LogP contribution in [-0.4, -0.2) is 51.7 Å². The average Bonchev–Trinajstić information content (AvgIpc) is 3.16. The van der Waals surface area contributed by atoms with Gasteiger partial charge in [-0.3, -0.25) is 14.4 Å². The van der Waals surface area contributed by atoms with E-state index >= 15 is 0 Å². The molecule has 4 rings (SSSR count). The summed E-state index contributed by atoms with van der Waals surface area (Å²) < 4.78 is 7.33. The van der Waals surface area contributed by atoms with Gasteiger partial charge < -0.3 is 19.5 Å². The number of ether oxygens (including phenoxy) is 1. The number of aryl methyl sites for hydroxylation is 1. The molecule has 2 aliphatic rings. The average molecular weight is 410 g/mol. The van der Waals surface area contributed by atoms with Crippen molar-refractivity contribution in [2.45, 2.75) is 33.2 Å². The largest absolute Gasteiger partial charge is 0.482 e. The minimum atomic E-state index is -0.223. The number of carbonyl (C=O) groups excluding carboxylic acids is 3. The molecule has 158 valence electrons. The number of Topliss-reactive ketones (excluding diaryl/α,β-unsaturated/α-hetero) is 1. The van der Waals surface area contributed by atoms with Gasteiger partial charge >= 0.3 is 0 Å². The molecule has 8 nitrogen and oxygen atoms in total. The Bertz CT molecular complexity index is 975. The van der Waals surface area contributed by atoms with Crippen molar-refractivity contribution in [3.8, 4) is 5.75 Å². The first-order chi connectivity index (χ1) is 14.4. The number of likely N-dealkylation sites (tertiary alicyclic amines) is 1. The summed E-state index contributed by atoms with van der Waals surface area (Å²) in [6.45, 7) is 5.60. The van der Waals surface area contributed by atoms with E-state index in [1.165, 1.54) is 0 Å². The molecule has 0 unspecified atom stereocenters. The Kier molecular flexibility index (Phi) is 5.57. The molecule has 0 radical (unpaired) electrons. The lowest BCUT2D eigenvalue weighted by Gasteiger charge is -2.33. The summed E-state index contributed by atoms with van der Waals surface area (Å²) in [5.74, 6) is 1.14. The summed E-state index contributed by atoms with van der Waals surface area (Å²) in [6.07, 6.45) is 4.90. The Morgan fingerprint density at radius 1 is 1.30 bits per heavy atom. The van der Waals surface area contributed by atoms with Gasteiger partial charge in [-0.2, -0.15) is 0 Å². The molecule has 0 aliphatic carbocycles. The second kappa shape index (κ2) is 8.30. The quantitative estimate of drug-likeness (QED) is 0.764. The monoisotopic (exact) mass is 410 g/mol. The molecule has 2 aliphatic heterocycles. The van der Waals surface area contributed by atoms with Crippen molar-refractivity contribution >= 4 is 23.3 Å². The number of nitrogens with one attached hydrogen (secondary N) is 1. The van der Waals surface area contributed by atoms with Crippen molar-refractivity contribution < 1.29 is 19.1 Å². The maximum absolute atomic E-state index is 13.0. The number of anilines is 1. The highest BCUT2D eigenvalue weighted by Gasteiger charge is 2.30. The molecule has 1 atom stereocenters. The molecule has 1 saturated heterocycles. The Morgan fingerprint density at radius 3 is 2.77 bits per heavy atom. The fourth-order valence-corrected chi connectivity index (χ4v) is 4.12. The molecular weight excluding hydrogens is 384 g/mol. The molecule has 0 spiro atoms. The summed E-state index contributed by atoms with van der Waals surface area (Å²) >= 11 is 0. The van der Waals surface area contributed by atoms with Gasteiger partial charge in [0.25, 0.3) is 5.91 Å². The van der Waals surface area contributed by atoms with Crippen molar-refractivity contribution in [2.24, 2.45) is 11.8 Å². The van der Waals surface area contributed by atoms with Gasteiger partial charge in [0, 0.05) is 43.5 Å². The SMILES string of the molecule is Cc1nccn1C[C@H](C)C(=O)N1CCC(C(=O)c2ccc3c(c2)NC(=O)CO3)CC1. The maximum atomic E-state index is 13.0. The second-order valence-electron chi connectivity index (χ2n) is 8.04. The molecule has 0 bridgehead atoms. The first-order valence-electron chi connectivity index (χ1n) is 10.3. The van der Waals surface area contributed by atoms with Gasteiger partial charge in [-0.05, 0) is 38.0 Å². The van der Waals surface area contributed by atoms with E-state index in [9.17, 15) is 14.4 Å². The van der Waals surface area contributed by atoms with Crippen LogP contribution in [0.5, 0.6) is 5.75 Å². The summed E-state index contributed by atoms with van der Waals surface area (Å²) in [6, 6.07) is 5.15. The van der Waals surface area contributed by atoms with Crippen LogP contribution >= 0.6 is 0 Å². The second-order valence-corrected chi connectivity index (χ2v) is 8.04. The summed E-state index contributed by atoms with van der Waals surface area (Å²) in [4.78, 5) is 43.4. The molecule has 2 amide bonds. The van der Waals surface area contributed by atoms with E-state index in [1.807, 2.05) is 29.5 Å². The van der Waals surface area contributed by atoms with Gasteiger partial charge in [0.15, 0.2) is 12.4 Å². The van der Waals surface area contributed by atoms with E-state index < -0.39 is 0 Å². The number of benzene rings is 1. The Morgan fingerprint density at radius 2 is 2.07 bits per heavy atom. The number of imidazole rings is 1. The van der Waals surface area contributed by atoms with Crippen molar-refractivity contribution in [3.05, 3.63) is 42.0 Å². The van der Waals surface area contributed by atoms with Crippen LogP contribution in [0.15, 0.2) is 30.6 Å². The molecule has 1 aromatic carbocycles. The zero-order valence-electron chi connectivity index (χ0n) is 17.3. The normalized spacial score (nSPS) is 17.7. The van der Waals surface area contributed by atoms with Crippen LogP contribution in [0.3, 0.4) is 0 Å². The molecule has 0 saturated carbocycles.